The molecule has 1 aromatic heterocycles. The summed E-state index contributed by atoms with van der Waals surface area (Å²) >= 11 is 5.21. The van der Waals surface area contributed by atoms with Crippen LogP contribution in [0.5, 0.6) is 5.75 Å². The summed E-state index contributed by atoms with van der Waals surface area (Å²) in [6.07, 6.45) is 0. The van der Waals surface area contributed by atoms with Crippen molar-refractivity contribution in [2.45, 2.75) is 20.8 Å². The topological polar surface area (TPSA) is 81.1 Å². The van der Waals surface area contributed by atoms with E-state index in [4.69, 9.17) is 17.0 Å². The summed E-state index contributed by atoms with van der Waals surface area (Å²) in [6, 6.07) is 13.0. The van der Waals surface area contributed by atoms with Crippen molar-refractivity contribution in [2.24, 2.45) is 5.41 Å². The Balaban J connectivity index is 1.77. The summed E-state index contributed by atoms with van der Waals surface area (Å²) in [4.78, 5) is 13.6. The lowest BCUT2D eigenvalue weighted by Crippen LogP contribution is -2.41. The highest BCUT2D eigenvalue weighted by molar-refractivity contribution is 7.80. The smallest absolute Gasteiger partial charge is 0.231 e. The Bertz CT molecular complexity index is 989. The van der Waals surface area contributed by atoms with Crippen LogP contribution in [0.2, 0.25) is 0 Å². The summed E-state index contributed by atoms with van der Waals surface area (Å²) in [7, 11) is 1.62. The SMILES string of the molecule is COc1ccc(-n2nc3ccc(NC(=S)NC(=O)C(C)(C)C)cc3n2)cc1. The van der Waals surface area contributed by atoms with Gasteiger partial charge in [0.1, 0.15) is 16.8 Å². The van der Waals surface area contributed by atoms with Crippen LogP contribution in [0.15, 0.2) is 42.5 Å². The van der Waals surface area contributed by atoms with Gasteiger partial charge in [-0.2, -0.15) is 4.80 Å². The van der Waals surface area contributed by atoms with E-state index in [0.717, 1.165) is 22.6 Å². The predicted molar refractivity (Wildman–Crippen MR) is 109 cm³/mol. The minimum atomic E-state index is -0.517. The number of hydrogen-bond donors (Lipinski definition) is 2. The van der Waals surface area contributed by atoms with Crippen LogP contribution in [0.1, 0.15) is 20.8 Å². The molecule has 0 spiro atoms. The van der Waals surface area contributed by atoms with Crippen molar-refractivity contribution in [1.29, 1.82) is 0 Å². The first-order valence-electron chi connectivity index (χ1n) is 8.40. The van der Waals surface area contributed by atoms with Crippen molar-refractivity contribution < 1.29 is 9.53 Å². The highest BCUT2D eigenvalue weighted by atomic mass is 32.1. The van der Waals surface area contributed by atoms with Gasteiger partial charge in [-0.3, -0.25) is 4.79 Å². The molecular formula is C19H21N5O2S. The highest BCUT2D eigenvalue weighted by Crippen LogP contribution is 2.19. The third-order valence-corrected chi connectivity index (χ3v) is 4.05. The third-order valence-electron chi connectivity index (χ3n) is 3.85. The zero-order valence-electron chi connectivity index (χ0n) is 15.6. The van der Waals surface area contributed by atoms with Gasteiger partial charge in [-0.05, 0) is 54.7 Å². The molecule has 0 saturated heterocycles. The molecule has 0 fully saturated rings. The van der Waals surface area contributed by atoms with Crippen molar-refractivity contribution in [3.8, 4) is 11.4 Å². The number of carbonyl (C=O) groups excluding carboxylic acids is 1. The fourth-order valence-corrected chi connectivity index (χ4v) is 2.49. The second-order valence-corrected chi connectivity index (χ2v) is 7.46. The van der Waals surface area contributed by atoms with Crippen molar-refractivity contribution in [2.75, 3.05) is 12.4 Å². The number of benzene rings is 2. The van der Waals surface area contributed by atoms with Crippen molar-refractivity contribution in [3.05, 3.63) is 42.5 Å². The number of hydrogen-bond acceptors (Lipinski definition) is 5. The summed E-state index contributed by atoms with van der Waals surface area (Å²) in [6.45, 7) is 5.48. The fraction of sp³-hybridized carbons (Fsp3) is 0.263. The Morgan fingerprint density at radius 3 is 2.37 bits per heavy atom. The standard InChI is InChI=1S/C19H21N5O2S/c1-19(2,3)17(25)21-18(27)20-12-5-10-15-16(11-12)23-24(22-15)13-6-8-14(26-4)9-7-13/h5-11H,1-4H3,(H2,20,21,25,27). The summed E-state index contributed by atoms with van der Waals surface area (Å²) in [5, 5.41) is 14.9. The average molecular weight is 383 g/mol. The lowest BCUT2D eigenvalue weighted by molar-refractivity contribution is -0.126. The van der Waals surface area contributed by atoms with Crippen molar-refractivity contribution in [1.82, 2.24) is 20.3 Å². The monoisotopic (exact) mass is 383 g/mol. The van der Waals surface area contributed by atoms with Gasteiger partial charge < -0.3 is 15.4 Å². The van der Waals surface area contributed by atoms with Crippen LogP contribution in [0, 0.1) is 5.41 Å². The molecule has 27 heavy (non-hydrogen) atoms. The predicted octanol–water partition coefficient (Wildman–Crippen LogP) is 3.29. The molecule has 3 aromatic rings. The molecule has 7 nitrogen and oxygen atoms in total. The number of nitrogens with one attached hydrogen (secondary N) is 2. The fourth-order valence-electron chi connectivity index (χ4n) is 2.28. The van der Waals surface area contributed by atoms with Gasteiger partial charge in [0.15, 0.2) is 5.11 Å². The Morgan fingerprint density at radius 1 is 1.07 bits per heavy atom. The quantitative estimate of drug-likeness (QED) is 0.676. The van der Waals surface area contributed by atoms with Crippen molar-refractivity contribution >= 4 is 40.0 Å². The maximum Gasteiger partial charge on any atom is 0.231 e. The molecule has 2 N–H and O–H groups in total. The van der Waals surface area contributed by atoms with Gasteiger partial charge in [0.05, 0.1) is 12.8 Å². The minimum Gasteiger partial charge on any atom is -0.497 e. The number of rotatable bonds is 3. The number of fused-ring (bicyclic) bond motifs is 1. The molecule has 0 aliphatic heterocycles. The van der Waals surface area contributed by atoms with E-state index in [1.165, 1.54) is 0 Å². The van der Waals surface area contributed by atoms with Gasteiger partial charge in [-0.1, -0.05) is 20.8 Å². The molecule has 0 unspecified atom stereocenters. The van der Waals surface area contributed by atoms with E-state index in [2.05, 4.69) is 20.8 Å². The molecular weight excluding hydrogens is 362 g/mol. The lowest BCUT2D eigenvalue weighted by Gasteiger charge is -2.18. The third kappa shape index (κ3) is 4.40. The normalized spacial score (nSPS) is 11.3. The molecule has 0 aliphatic carbocycles. The first kappa shape index (κ1) is 18.8. The number of amides is 1. The molecule has 8 heteroatoms. The summed E-state index contributed by atoms with van der Waals surface area (Å²) < 4.78 is 5.16. The van der Waals surface area contributed by atoms with Crippen LogP contribution in [0.4, 0.5) is 5.69 Å². The van der Waals surface area contributed by atoms with Gasteiger partial charge in [0.25, 0.3) is 0 Å². The lowest BCUT2D eigenvalue weighted by atomic mass is 9.96. The number of ether oxygens (including phenoxy) is 1. The largest absolute Gasteiger partial charge is 0.497 e. The Morgan fingerprint density at radius 2 is 1.74 bits per heavy atom. The minimum absolute atomic E-state index is 0.147. The highest BCUT2D eigenvalue weighted by Gasteiger charge is 2.22. The van der Waals surface area contributed by atoms with E-state index in [1.54, 1.807) is 11.9 Å². The van der Waals surface area contributed by atoms with Gasteiger partial charge in [0, 0.05) is 11.1 Å². The van der Waals surface area contributed by atoms with Crippen LogP contribution >= 0.6 is 12.2 Å². The van der Waals surface area contributed by atoms with Crippen LogP contribution in [0.25, 0.3) is 16.7 Å². The molecule has 0 atom stereocenters. The van der Waals surface area contributed by atoms with Gasteiger partial charge in [-0.15, -0.1) is 10.2 Å². The number of thiocarbonyl (C=S) groups is 1. The number of anilines is 1. The van der Waals surface area contributed by atoms with Crippen LogP contribution in [-0.2, 0) is 4.79 Å². The molecule has 0 radical (unpaired) electrons. The molecule has 0 aliphatic rings. The Labute approximate surface area is 162 Å². The molecule has 0 saturated carbocycles. The zero-order chi connectivity index (χ0) is 19.6. The maximum atomic E-state index is 12.0. The first-order chi connectivity index (χ1) is 12.8. The van der Waals surface area contributed by atoms with E-state index < -0.39 is 5.41 Å². The molecule has 140 valence electrons. The van der Waals surface area contributed by atoms with Crippen LogP contribution in [0.3, 0.4) is 0 Å². The van der Waals surface area contributed by atoms with E-state index in [-0.39, 0.29) is 11.0 Å². The van der Waals surface area contributed by atoms with Crippen molar-refractivity contribution in [3.63, 3.8) is 0 Å². The molecule has 0 bridgehead atoms. The second kappa shape index (κ2) is 7.32. The molecule has 3 rings (SSSR count). The van der Waals surface area contributed by atoms with Gasteiger partial charge in [-0.25, -0.2) is 0 Å². The van der Waals surface area contributed by atoms with Gasteiger partial charge >= 0.3 is 0 Å². The van der Waals surface area contributed by atoms with E-state index in [0.29, 0.717) is 5.52 Å². The van der Waals surface area contributed by atoms with E-state index in [9.17, 15) is 4.79 Å². The van der Waals surface area contributed by atoms with Crippen LogP contribution < -0.4 is 15.4 Å². The maximum absolute atomic E-state index is 12.0. The number of carbonyl (C=O) groups is 1. The summed E-state index contributed by atoms with van der Waals surface area (Å²) in [5.74, 6) is 0.624. The second-order valence-electron chi connectivity index (χ2n) is 7.05. The Kier molecular flexibility index (Phi) is 5.09. The number of methoxy groups -OCH3 is 1. The number of aromatic nitrogens is 3. The molecule has 1 amide bonds. The van der Waals surface area contributed by atoms with E-state index in [1.807, 2.05) is 63.2 Å². The number of nitrogens with zero attached hydrogens (tertiary/aromatic N) is 3. The van der Waals surface area contributed by atoms with Crippen LogP contribution in [-0.4, -0.2) is 33.1 Å². The first-order valence-corrected chi connectivity index (χ1v) is 8.81. The molecule has 1 heterocycles. The molecule has 2 aromatic carbocycles. The van der Waals surface area contributed by atoms with E-state index >= 15 is 0 Å². The average Bonchev–Trinajstić information content (AvgIpc) is 3.04. The van der Waals surface area contributed by atoms with Gasteiger partial charge in [0.2, 0.25) is 5.91 Å². The summed E-state index contributed by atoms with van der Waals surface area (Å²) in [5.41, 5.74) is 2.50. The Hall–Kier alpha value is -3.00. The zero-order valence-corrected chi connectivity index (χ0v) is 16.4.